The van der Waals surface area contributed by atoms with Crippen molar-refractivity contribution in [2.45, 2.75) is 79.6 Å². The van der Waals surface area contributed by atoms with Gasteiger partial charge in [-0.1, -0.05) is 0 Å². The average molecular weight is 411 g/mol. The summed E-state index contributed by atoms with van der Waals surface area (Å²) in [6, 6.07) is 0. The van der Waals surface area contributed by atoms with Crippen LogP contribution >= 0.6 is 0 Å². The first-order chi connectivity index (χ1) is 11.0. The summed E-state index contributed by atoms with van der Waals surface area (Å²) >= 11 is -2.40. The predicted molar refractivity (Wildman–Crippen MR) is 88.6 cm³/mol. The molecule has 0 aromatic carbocycles. The Balaban J connectivity index is 0. The third-order valence-electron chi connectivity index (χ3n) is 2.65. The maximum atomic E-state index is 10.0. The van der Waals surface area contributed by atoms with Gasteiger partial charge >= 0.3 is 111 Å². The van der Waals surface area contributed by atoms with E-state index in [1.165, 1.54) is 33.1 Å². The van der Waals surface area contributed by atoms with Crippen molar-refractivity contribution in [3.63, 3.8) is 0 Å². The summed E-state index contributed by atoms with van der Waals surface area (Å²) in [5, 5.41) is 0. The number of rotatable bonds is 14. The van der Waals surface area contributed by atoms with E-state index in [1.54, 1.807) is 0 Å². The number of hydrogen-bond donors (Lipinski definition) is 0. The molecule has 5 nitrogen and oxygen atoms in total. The van der Waals surface area contributed by atoms with E-state index in [2.05, 4.69) is 20.8 Å². The summed E-state index contributed by atoms with van der Waals surface area (Å²) in [4.78, 5) is 20.1. The summed E-state index contributed by atoms with van der Waals surface area (Å²) in [6.07, 6.45) is 6.91. The molecule has 0 spiro atoms. The van der Waals surface area contributed by atoms with Gasteiger partial charge in [0.1, 0.15) is 11.6 Å². The first-order valence-electron chi connectivity index (χ1n) is 8.72. The van der Waals surface area contributed by atoms with E-state index < -0.39 is 23.1 Å². The number of unbranched alkanes of at least 4 members (excludes halogenated alkanes) is 3. The van der Waals surface area contributed by atoms with Crippen LogP contribution in [0.25, 0.3) is 0 Å². The van der Waals surface area contributed by atoms with Crippen LogP contribution in [0.5, 0.6) is 0 Å². The summed E-state index contributed by atoms with van der Waals surface area (Å²) in [6.45, 7) is 11.7. The molecule has 0 saturated carbocycles. The summed E-state index contributed by atoms with van der Waals surface area (Å²) < 4.78 is 17.2. The van der Waals surface area contributed by atoms with Gasteiger partial charge in [-0.15, -0.1) is 0 Å². The van der Waals surface area contributed by atoms with Gasteiger partial charge < -0.3 is 0 Å². The summed E-state index contributed by atoms with van der Waals surface area (Å²) in [5.74, 6) is -0.125. The molecular weight excluding hydrogens is 375 g/mol. The van der Waals surface area contributed by atoms with Crippen LogP contribution in [0, 0.1) is 0 Å². The Bertz CT molecular complexity index is 248. The van der Waals surface area contributed by atoms with Crippen molar-refractivity contribution in [3.8, 4) is 0 Å². The van der Waals surface area contributed by atoms with Crippen LogP contribution < -0.4 is 0 Å². The first-order valence-corrected chi connectivity index (χ1v) is 11.7. The summed E-state index contributed by atoms with van der Waals surface area (Å²) in [5.41, 5.74) is 0. The maximum absolute atomic E-state index is 10.0. The molecule has 0 aromatic rings. The van der Waals surface area contributed by atoms with E-state index in [0.29, 0.717) is 0 Å². The molecule has 23 heavy (non-hydrogen) atoms. The number of ketones is 2. The molecule has 137 valence electrons. The monoisotopic (exact) mass is 409 g/mol. The summed E-state index contributed by atoms with van der Waals surface area (Å²) in [7, 11) is 0. The fourth-order valence-electron chi connectivity index (χ4n) is 1.38. The Morgan fingerprint density at radius 1 is 0.696 bits per heavy atom. The molecule has 0 N–H and O–H groups in total. The average Bonchev–Trinajstić information content (AvgIpc) is 2.46. The molecule has 0 unspecified atom stereocenters. The van der Waals surface area contributed by atoms with Gasteiger partial charge in [0, 0.05) is 0 Å². The van der Waals surface area contributed by atoms with Crippen LogP contribution in [0.1, 0.15) is 79.6 Å². The van der Waals surface area contributed by atoms with E-state index >= 15 is 0 Å². The predicted octanol–water partition coefficient (Wildman–Crippen LogP) is 4.35. The van der Waals surface area contributed by atoms with Crippen LogP contribution in [0.3, 0.4) is 0 Å². The quantitative estimate of drug-likeness (QED) is 0.315. The molecule has 0 radical (unpaired) electrons. The van der Waals surface area contributed by atoms with Gasteiger partial charge in [0.25, 0.3) is 0 Å². The molecule has 0 saturated heterocycles. The van der Waals surface area contributed by atoms with Gasteiger partial charge in [-0.2, -0.15) is 0 Å². The number of carbonyl (C=O) groups excluding carboxylic acids is 2. The molecule has 0 aromatic heterocycles. The minimum atomic E-state index is -2.40. The van der Waals surface area contributed by atoms with E-state index in [0.717, 1.165) is 39.1 Å². The van der Waals surface area contributed by atoms with Crippen LogP contribution in [0.15, 0.2) is 0 Å². The van der Waals surface area contributed by atoms with E-state index in [9.17, 15) is 9.59 Å². The van der Waals surface area contributed by atoms with Gasteiger partial charge in [-0.05, 0) is 13.8 Å². The Kier molecular flexibility index (Phi) is 22.2. The van der Waals surface area contributed by atoms with Crippen LogP contribution in [0.2, 0.25) is 0 Å². The van der Waals surface area contributed by atoms with Gasteiger partial charge in [0.05, 0.1) is 6.42 Å². The van der Waals surface area contributed by atoms with Crippen LogP contribution in [0.4, 0.5) is 0 Å². The van der Waals surface area contributed by atoms with E-state index in [4.69, 9.17) is 8.44 Å². The topological polar surface area (TPSA) is 61.8 Å². The van der Waals surface area contributed by atoms with Crippen molar-refractivity contribution >= 4 is 11.6 Å². The molecule has 0 atom stereocenters. The molecule has 0 fully saturated rings. The van der Waals surface area contributed by atoms with Gasteiger partial charge in [-0.3, -0.25) is 9.59 Å². The number of hydrogen-bond acceptors (Lipinski definition) is 5. The Labute approximate surface area is 152 Å². The van der Waals surface area contributed by atoms with Crippen molar-refractivity contribution in [1.82, 2.24) is 0 Å². The third-order valence-corrected chi connectivity index (χ3v) is 5.89. The molecular formula is C17H35O5Zr. The zero-order valence-corrected chi connectivity index (χ0v) is 18.1. The van der Waals surface area contributed by atoms with Crippen molar-refractivity contribution in [2.75, 3.05) is 19.8 Å². The van der Waals surface area contributed by atoms with Crippen molar-refractivity contribution < 1.29 is 41.1 Å². The fraction of sp³-hybridized carbons (Fsp3) is 0.882. The van der Waals surface area contributed by atoms with Gasteiger partial charge in [0.2, 0.25) is 0 Å². The van der Waals surface area contributed by atoms with Crippen molar-refractivity contribution in [3.05, 3.63) is 0 Å². The minimum absolute atomic E-state index is 0.0625. The zero-order valence-electron chi connectivity index (χ0n) is 15.6. The number of carbonyl (C=O) groups is 2. The Hall–Kier alpha value is 0.103. The SMILES string of the molecule is CC(=O)CC(C)=O.CCCC[O][Zr]([O]CCCC)[O]CCCC. The second kappa shape index (κ2) is 20.1. The molecule has 6 heteroatoms. The second-order valence-electron chi connectivity index (χ2n) is 5.44. The molecule has 0 rings (SSSR count). The number of Topliss-reactive ketones (excluding diaryl/α,β-unsaturated/α-hetero) is 2. The molecule has 0 bridgehead atoms. The van der Waals surface area contributed by atoms with Crippen molar-refractivity contribution in [2.24, 2.45) is 0 Å². The molecule has 0 heterocycles. The second-order valence-corrected chi connectivity index (χ2v) is 8.79. The van der Waals surface area contributed by atoms with Crippen LogP contribution in [-0.2, 0) is 41.1 Å². The normalized spacial score (nSPS) is 9.96. The first kappa shape index (κ1) is 25.3. The molecule has 0 aliphatic heterocycles. The van der Waals surface area contributed by atoms with E-state index in [-0.39, 0.29) is 18.0 Å². The standard InChI is InChI=1S/C5H8O2.3C4H9O.Zr/c1-4(6)3-5(2)7;3*1-2-3-4-5;/h3H2,1-2H3;3*2-4H2,1H3;/q;3*-1;+3. The van der Waals surface area contributed by atoms with E-state index in [1.807, 2.05) is 0 Å². The third kappa shape index (κ3) is 24.5. The Morgan fingerprint density at radius 3 is 1.17 bits per heavy atom. The van der Waals surface area contributed by atoms with Crippen LogP contribution in [-0.4, -0.2) is 31.4 Å². The molecule has 0 aliphatic rings. The fourth-order valence-corrected chi connectivity index (χ4v) is 4.28. The molecule has 0 amide bonds. The Morgan fingerprint density at radius 2 is 1.00 bits per heavy atom. The van der Waals surface area contributed by atoms with Gasteiger partial charge in [-0.25, -0.2) is 0 Å². The van der Waals surface area contributed by atoms with Crippen molar-refractivity contribution in [1.29, 1.82) is 0 Å². The zero-order chi connectivity index (χ0) is 17.9. The van der Waals surface area contributed by atoms with Gasteiger partial charge in [0.15, 0.2) is 0 Å². The molecule has 0 aliphatic carbocycles.